The second-order valence-corrected chi connectivity index (χ2v) is 4.84. The van der Waals surface area contributed by atoms with Crippen LogP contribution in [0.5, 0.6) is 0 Å². The van der Waals surface area contributed by atoms with Crippen LogP contribution in [-0.4, -0.2) is 42.4 Å². The molecule has 1 aliphatic heterocycles. The third-order valence-electron chi connectivity index (χ3n) is 3.21. The van der Waals surface area contributed by atoms with Gasteiger partial charge in [-0.05, 0) is 38.5 Å². The lowest BCUT2D eigenvalue weighted by Crippen LogP contribution is -2.50. The first-order chi connectivity index (χ1) is 9.29. The zero-order valence-electron chi connectivity index (χ0n) is 11.9. The fraction of sp³-hybridized carbons (Fsp3) is 0.667. The molecule has 0 aromatic heterocycles. The minimum Gasteiger partial charge on any atom is -0.341 e. The zero-order chi connectivity index (χ0) is 13.9. The second-order valence-electron chi connectivity index (χ2n) is 4.84. The molecule has 4 heteroatoms. The highest BCUT2D eigenvalue weighted by molar-refractivity contribution is 5.74. The number of carbonyl (C=O) groups is 1. The van der Waals surface area contributed by atoms with Gasteiger partial charge in [-0.3, -0.25) is 0 Å². The molecule has 0 aromatic carbocycles. The van der Waals surface area contributed by atoms with Gasteiger partial charge in [0.05, 0.1) is 0 Å². The van der Waals surface area contributed by atoms with E-state index in [9.17, 15) is 4.79 Å². The normalized spacial score (nSPS) is 15.7. The van der Waals surface area contributed by atoms with E-state index in [1.807, 2.05) is 12.2 Å². The molecule has 19 heavy (non-hydrogen) atoms. The van der Waals surface area contributed by atoms with Crippen molar-refractivity contribution in [3.05, 3.63) is 25.3 Å². The summed E-state index contributed by atoms with van der Waals surface area (Å²) in [7, 11) is 0. The van der Waals surface area contributed by atoms with E-state index < -0.39 is 0 Å². The van der Waals surface area contributed by atoms with Crippen molar-refractivity contribution in [2.75, 3.05) is 26.6 Å². The lowest BCUT2D eigenvalue weighted by atomic mass is 10.2. The van der Waals surface area contributed by atoms with Gasteiger partial charge in [0, 0.05) is 13.1 Å². The van der Waals surface area contributed by atoms with Gasteiger partial charge in [-0.15, -0.1) is 13.2 Å². The van der Waals surface area contributed by atoms with Crippen LogP contribution < -0.4 is 0 Å². The third-order valence-corrected chi connectivity index (χ3v) is 3.21. The number of urea groups is 1. The molecule has 1 heterocycles. The maximum absolute atomic E-state index is 12.2. The predicted molar refractivity (Wildman–Crippen MR) is 77.7 cm³/mol. The number of unbranched alkanes of at least 4 members (excludes halogenated alkanes) is 4. The van der Waals surface area contributed by atoms with Gasteiger partial charge in [0.25, 0.3) is 0 Å². The van der Waals surface area contributed by atoms with Crippen LogP contribution in [0.4, 0.5) is 4.79 Å². The molecule has 0 aliphatic carbocycles. The van der Waals surface area contributed by atoms with E-state index in [2.05, 4.69) is 13.2 Å². The van der Waals surface area contributed by atoms with Gasteiger partial charge in [0.15, 0.2) is 0 Å². The van der Waals surface area contributed by atoms with Crippen LogP contribution in [0.25, 0.3) is 0 Å². The van der Waals surface area contributed by atoms with Crippen molar-refractivity contribution in [3.63, 3.8) is 0 Å². The molecule has 0 atom stereocenters. The summed E-state index contributed by atoms with van der Waals surface area (Å²) in [5, 5.41) is 0. The van der Waals surface area contributed by atoms with Crippen molar-refractivity contribution in [3.8, 4) is 0 Å². The smallest absolute Gasteiger partial charge is 0.323 e. The van der Waals surface area contributed by atoms with E-state index in [0.717, 1.165) is 51.6 Å². The number of ether oxygens (including phenoxy) is 1. The van der Waals surface area contributed by atoms with Gasteiger partial charge in [0.2, 0.25) is 0 Å². The Bertz CT molecular complexity index is 266. The van der Waals surface area contributed by atoms with Gasteiger partial charge in [0.1, 0.15) is 13.5 Å². The van der Waals surface area contributed by atoms with Gasteiger partial charge in [-0.2, -0.15) is 0 Å². The monoisotopic (exact) mass is 266 g/mol. The summed E-state index contributed by atoms with van der Waals surface area (Å²) in [6.07, 6.45) is 10.0. The number of hydrogen-bond donors (Lipinski definition) is 0. The molecule has 1 fully saturated rings. The summed E-state index contributed by atoms with van der Waals surface area (Å²) in [5.74, 6) is 0. The van der Waals surface area contributed by atoms with E-state index in [0.29, 0.717) is 13.5 Å². The summed E-state index contributed by atoms with van der Waals surface area (Å²) in [4.78, 5) is 15.8. The Morgan fingerprint density at radius 3 is 1.84 bits per heavy atom. The summed E-state index contributed by atoms with van der Waals surface area (Å²) in [6.45, 7) is 9.80. The summed E-state index contributed by atoms with van der Waals surface area (Å²) >= 11 is 0. The molecule has 0 unspecified atom stereocenters. The first-order valence-electron chi connectivity index (χ1n) is 7.13. The highest BCUT2D eigenvalue weighted by atomic mass is 16.5. The highest BCUT2D eigenvalue weighted by Crippen LogP contribution is 2.11. The van der Waals surface area contributed by atoms with E-state index in [4.69, 9.17) is 4.74 Å². The molecule has 1 aliphatic rings. The number of allylic oxidation sites excluding steroid dienone is 2. The third kappa shape index (κ3) is 5.92. The first kappa shape index (κ1) is 15.8. The van der Waals surface area contributed by atoms with Crippen LogP contribution in [0.2, 0.25) is 0 Å². The quantitative estimate of drug-likeness (QED) is 0.448. The van der Waals surface area contributed by atoms with E-state index in [-0.39, 0.29) is 6.03 Å². The van der Waals surface area contributed by atoms with Gasteiger partial charge in [-0.25, -0.2) is 4.79 Å². The molecular weight excluding hydrogens is 240 g/mol. The first-order valence-corrected chi connectivity index (χ1v) is 7.13. The molecular formula is C15H26N2O2. The van der Waals surface area contributed by atoms with E-state index in [1.54, 1.807) is 9.80 Å². The van der Waals surface area contributed by atoms with Crippen LogP contribution in [0.15, 0.2) is 25.3 Å². The SMILES string of the molecule is C=CCCCCN1COCN(CCCCC=C)C1=O. The van der Waals surface area contributed by atoms with Crippen molar-refractivity contribution in [2.24, 2.45) is 0 Å². The van der Waals surface area contributed by atoms with Gasteiger partial charge in [-0.1, -0.05) is 12.2 Å². The second kappa shape index (κ2) is 9.62. The van der Waals surface area contributed by atoms with Crippen LogP contribution in [0.1, 0.15) is 38.5 Å². The van der Waals surface area contributed by atoms with E-state index >= 15 is 0 Å². The van der Waals surface area contributed by atoms with Crippen molar-refractivity contribution in [1.82, 2.24) is 9.80 Å². The Labute approximate surface area is 116 Å². The standard InChI is InChI=1S/C15H26N2O2/c1-3-5-7-9-11-16-13-19-14-17(15(16)18)12-10-8-6-4-2/h3-4H,1-2,5-14H2. The molecule has 0 saturated carbocycles. The topological polar surface area (TPSA) is 32.8 Å². The average Bonchev–Trinajstić information content (AvgIpc) is 2.43. The molecule has 0 spiro atoms. The highest BCUT2D eigenvalue weighted by Gasteiger charge is 2.24. The minimum absolute atomic E-state index is 0.114. The lowest BCUT2D eigenvalue weighted by molar-refractivity contribution is -0.0520. The van der Waals surface area contributed by atoms with Crippen molar-refractivity contribution >= 4 is 6.03 Å². The maximum Gasteiger partial charge on any atom is 0.323 e. The Morgan fingerprint density at radius 2 is 1.42 bits per heavy atom. The number of rotatable bonds is 10. The molecule has 4 nitrogen and oxygen atoms in total. The predicted octanol–water partition coefficient (Wildman–Crippen LogP) is 3.37. The Balaban J connectivity index is 2.25. The molecule has 108 valence electrons. The molecule has 0 N–H and O–H groups in total. The number of nitrogens with zero attached hydrogens (tertiary/aromatic N) is 2. The molecule has 0 bridgehead atoms. The molecule has 2 amide bonds. The van der Waals surface area contributed by atoms with Crippen molar-refractivity contribution in [1.29, 1.82) is 0 Å². The minimum atomic E-state index is 0.114. The molecule has 0 aromatic rings. The molecule has 0 radical (unpaired) electrons. The average molecular weight is 266 g/mol. The van der Waals surface area contributed by atoms with Crippen LogP contribution in [-0.2, 0) is 4.74 Å². The van der Waals surface area contributed by atoms with Gasteiger partial charge >= 0.3 is 6.03 Å². The van der Waals surface area contributed by atoms with Gasteiger partial charge < -0.3 is 14.5 Å². The van der Waals surface area contributed by atoms with Crippen LogP contribution >= 0.6 is 0 Å². The van der Waals surface area contributed by atoms with Crippen LogP contribution in [0.3, 0.4) is 0 Å². The fourth-order valence-electron chi connectivity index (χ4n) is 2.07. The van der Waals surface area contributed by atoms with Crippen LogP contribution in [0, 0.1) is 0 Å². The van der Waals surface area contributed by atoms with Crippen molar-refractivity contribution in [2.45, 2.75) is 38.5 Å². The largest absolute Gasteiger partial charge is 0.341 e. The molecule has 1 rings (SSSR count). The number of hydrogen-bond acceptors (Lipinski definition) is 2. The van der Waals surface area contributed by atoms with Crippen molar-refractivity contribution < 1.29 is 9.53 Å². The summed E-state index contributed by atoms with van der Waals surface area (Å²) < 4.78 is 5.47. The summed E-state index contributed by atoms with van der Waals surface area (Å²) in [6, 6.07) is 0.114. The fourth-order valence-corrected chi connectivity index (χ4v) is 2.07. The number of amides is 2. The Kier molecular flexibility index (Phi) is 7.98. The Morgan fingerprint density at radius 1 is 0.947 bits per heavy atom. The maximum atomic E-state index is 12.2. The lowest BCUT2D eigenvalue weighted by Gasteiger charge is -2.35. The number of carbonyl (C=O) groups excluding carboxylic acids is 1. The Hall–Kier alpha value is -1.29. The molecule has 1 saturated heterocycles. The zero-order valence-corrected chi connectivity index (χ0v) is 11.9. The van der Waals surface area contributed by atoms with E-state index in [1.165, 1.54) is 0 Å². The summed E-state index contributed by atoms with van der Waals surface area (Å²) in [5.41, 5.74) is 0.